The van der Waals surface area contributed by atoms with Crippen molar-refractivity contribution in [2.45, 2.75) is 23.9 Å². The van der Waals surface area contributed by atoms with Gasteiger partial charge < -0.3 is 21.1 Å². The number of hydrogen-bond acceptors (Lipinski definition) is 6. The molecule has 1 spiro atoms. The monoisotopic (exact) mass is 302 g/mol. The maximum atomic E-state index is 12.0. The lowest BCUT2D eigenvalue weighted by molar-refractivity contribution is -0.135. The average Bonchev–Trinajstić information content (AvgIpc) is 2.78. The lowest BCUT2D eigenvalue weighted by Crippen LogP contribution is -2.68. The first kappa shape index (κ1) is 15.1. The highest BCUT2D eigenvalue weighted by Crippen LogP contribution is 2.38. The summed E-state index contributed by atoms with van der Waals surface area (Å²) in [6, 6.07) is -1.52. The summed E-state index contributed by atoms with van der Waals surface area (Å²) < 4.78 is 0. The van der Waals surface area contributed by atoms with Crippen LogP contribution in [0.25, 0.3) is 0 Å². The van der Waals surface area contributed by atoms with E-state index < -0.39 is 24.6 Å². The van der Waals surface area contributed by atoms with Gasteiger partial charge in [0, 0.05) is 12.7 Å². The zero-order valence-electron chi connectivity index (χ0n) is 11.1. The SMILES string of the molecule is CC(=O)N1CC2(C1)N[C@H](C(=O)N[C@@H](CO)C(N)=O)CS2. The van der Waals surface area contributed by atoms with E-state index in [0.717, 1.165) is 0 Å². The average molecular weight is 302 g/mol. The van der Waals surface area contributed by atoms with Gasteiger partial charge >= 0.3 is 0 Å². The molecule has 9 heteroatoms. The number of nitrogens with one attached hydrogen (secondary N) is 2. The molecule has 2 rings (SSSR count). The molecule has 5 N–H and O–H groups in total. The molecule has 2 aliphatic heterocycles. The molecule has 0 unspecified atom stereocenters. The zero-order chi connectivity index (χ0) is 14.9. The predicted octanol–water partition coefficient (Wildman–Crippen LogP) is -2.79. The third kappa shape index (κ3) is 2.89. The van der Waals surface area contributed by atoms with Gasteiger partial charge in [-0.05, 0) is 0 Å². The summed E-state index contributed by atoms with van der Waals surface area (Å²) in [5.74, 6) is -0.574. The zero-order valence-corrected chi connectivity index (χ0v) is 11.9. The normalized spacial score (nSPS) is 25.1. The van der Waals surface area contributed by atoms with Crippen LogP contribution in [0.4, 0.5) is 0 Å². The molecule has 112 valence electrons. The van der Waals surface area contributed by atoms with E-state index in [1.807, 2.05) is 0 Å². The van der Waals surface area contributed by atoms with E-state index in [9.17, 15) is 14.4 Å². The van der Waals surface area contributed by atoms with Gasteiger partial charge in [-0.3, -0.25) is 19.7 Å². The number of amides is 3. The number of primary amides is 1. The minimum absolute atomic E-state index is 0.0139. The van der Waals surface area contributed by atoms with Crippen molar-refractivity contribution in [2.24, 2.45) is 5.73 Å². The fourth-order valence-corrected chi connectivity index (χ4v) is 3.68. The maximum Gasteiger partial charge on any atom is 0.242 e. The van der Waals surface area contributed by atoms with Crippen LogP contribution in [-0.4, -0.2) is 70.1 Å². The Morgan fingerprint density at radius 1 is 1.55 bits per heavy atom. The highest BCUT2D eigenvalue weighted by Gasteiger charge is 2.51. The van der Waals surface area contributed by atoms with Crippen LogP contribution in [0.15, 0.2) is 0 Å². The molecule has 2 fully saturated rings. The summed E-state index contributed by atoms with van der Waals surface area (Å²) in [6.45, 7) is 2.12. The third-order valence-electron chi connectivity index (χ3n) is 3.46. The second kappa shape index (κ2) is 5.58. The molecule has 2 saturated heterocycles. The summed E-state index contributed by atoms with van der Waals surface area (Å²) in [5, 5.41) is 14.5. The van der Waals surface area contributed by atoms with Gasteiger partial charge in [0.1, 0.15) is 10.9 Å². The maximum absolute atomic E-state index is 12.0. The van der Waals surface area contributed by atoms with Crippen molar-refractivity contribution in [1.29, 1.82) is 0 Å². The molecule has 2 heterocycles. The number of carbonyl (C=O) groups is 3. The summed E-state index contributed by atoms with van der Waals surface area (Å²) in [7, 11) is 0. The van der Waals surface area contributed by atoms with E-state index in [1.54, 1.807) is 16.7 Å². The Bertz CT molecular complexity index is 438. The first-order chi connectivity index (χ1) is 9.37. The summed E-state index contributed by atoms with van der Waals surface area (Å²) in [5.41, 5.74) is 5.05. The van der Waals surface area contributed by atoms with Crippen molar-refractivity contribution in [3.05, 3.63) is 0 Å². The van der Waals surface area contributed by atoms with Crippen LogP contribution in [0, 0.1) is 0 Å². The van der Waals surface area contributed by atoms with Crippen LogP contribution >= 0.6 is 11.8 Å². The Balaban J connectivity index is 1.86. The number of nitrogens with two attached hydrogens (primary N) is 1. The van der Waals surface area contributed by atoms with Gasteiger partial charge in [-0.2, -0.15) is 0 Å². The third-order valence-corrected chi connectivity index (χ3v) is 4.89. The fourth-order valence-electron chi connectivity index (χ4n) is 2.24. The molecule has 0 bridgehead atoms. The van der Waals surface area contributed by atoms with Crippen LogP contribution in [0.1, 0.15) is 6.92 Å². The summed E-state index contributed by atoms with van der Waals surface area (Å²) >= 11 is 1.59. The topological polar surface area (TPSA) is 125 Å². The molecule has 8 nitrogen and oxygen atoms in total. The molecule has 3 amide bonds. The highest BCUT2D eigenvalue weighted by molar-refractivity contribution is 8.01. The van der Waals surface area contributed by atoms with E-state index >= 15 is 0 Å². The van der Waals surface area contributed by atoms with Gasteiger partial charge in [-0.1, -0.05) is 0 Å². The molecule has 20 heavy (non-hydrogen) atoms. The minimum atomic E-state index is -1.07. The van der Waals surface area contributed by atoms with Crippen molar-refractivity contribution in [1.82, 2.24) is 15.5 Å². The molecule has 0 radical (unpaired) electrons. The number of carbonyl (C=O) groups excluding carboxylic acids is 3. The Labute approximate surface area is 120 Å². The number of likely N-dealkylation sites (tertiary alicyclic amines) is 1. The summed E-state index contributed by atoms with van der Waals surface area (Å²) in [4.78, 5) is 35.5. The molecule has 0 saturated carbocycles. The Morgan fingerprint density at radius 3 is 2.70 bits per heavy atom. The van der Waals surface area contributed by atoms with Gasteiger partial charge in [0.05, 0.1) is 25.7 Å². The van der Waals surface area contributed by atoms with Crippen molar-refractivity contribution < 1.29 is 19.5 Å². The predicted molar refractivity (Wildman–Crippen MR) is 72.6 cm³/mol. The highest BCUT2D eigenvalue weighted by atomic mass is 32.2. The lowest BCUT2D eigenvalue weighted by atomic mass is 10.1. The number of thioether (sulfide) groups is 1. The van der Waals surface area contributed by atoms with Crippen molar-refractivity contribution in [3.8, 4) is 0 Å². The fraction of sp³-hybridized carbons (Fsp3) is 0.727. The second-order valence-corrected chi connectivity index (χ2v) is 6.43. The smallest absolute Gasteiger partial charge is 0.242 e. The van der Waals surface area contributed by atoms with E-state index in [2.05, 4.69) is 10.6 Å². The number of nitrogens with zero attached hydrogens (tertiary/aromatic N) is 1. The van der Waals surface area contributed by atoms with Gasteiger partial charge in [-0.15, -0.1) is 11.8 Å². The second-order valence-electron chi connectivity index (χ2n) is 5.02. The van der Waals surface area contributed by atoms with Crippen molar-refractivity contribution in [2.75, 3.05) is 25.4 Å². The Hall–Kier alpha value is -1.32. The molecule has 2 atom stereocenters. The van der Waals surface area contributed by atoms with E-state index in [0.29, 0.717) is 18.8 Å². The molecular weight excluding hydrogens is 284 g/mol. The summed E-state index contributed by atoms with van der Waals surface area (Å²) in [6.07, 6.45) is 0. The number of aliphatic hydroxyl groups is 1. The Morgan fingerprint density at radius 2 is 2.20 bits per heavy atom. The van der Waals surface area contributed by atoms with Crippen LogP contribution in [0.3, 0.4) is 0 Å². The lowest BCUT2D eigenvalue weighted by Gasteiger charge is -2.47. The quantitative estimate of drug-likeness (QED) is 0.445. The molecule has 2 aliphatic rings. The van der Waals surface area contributed by atoms with Crippen LogP contribution in [0.2, 0.25) is 0 Å². The molecule has 0 aromatic carbocycles. The van der Waals surface area contributed by atoms with Crippen LogP contribution in [0.5, 0.6) is 0 Å². The van der Waals surface area contributed by atoms with Gasteiger partial charge in [0.25, 0.3) is 0 Å². The van der Waals surface area contributed by atoms with Gasteiger partial charge in [-0.25, -0.2) is 0 Å². The molecule has 0 aromatic heterocycles. The van der Waals surface area contributed by atoms with Crippen molar-refractivity contribution in [3.63, 3.8) is 0 Å². The Kier molecular flexibility index (Phi) is 4.21. The van der Waals surface area contributed by atoms with E-state index in [4.69, 9.17) is 10.8 Å². The number of rotatable bonds is 4. The standard InChI is InChI=1S/C11H18N4O4S/c1-6(17)15-4-11(5-15)14-8(3-20-11)10(19)13-7(2-16)9(12)18/h7-8,14,16H,2-5H2,1H3,(H2,12,18)(H,13,19)/t7-,8-/m0/s1. The van der Waals surface area contributed by atoms with Gasteiger partial charge in [0.2, 0.25) is 17.7 Å². The van der Waals surface area contributed by atoms with Crippen molar-refractivity contribution >= 4 is 29.5 Å². The molecule has 0 aliphatic carbocycles. The van der Waals surface area contributed by atoms with Gasteiger partial charge in [0.15, 0.2) is 0 Å². The number of hydrogen-bond donors (Lipinski definition) is 4. The van der Waals surface area contributed by atoms with E-state index in [1.165, 1.54) is 6.92 Å². The first-order valence-corrected chi connectivity index (χ1v) is 7.23. The molecule has 0 aromatic rings. The largest absolute Gasteiger partial charge is 0.394 e. The molecular formula is C11H18N4O4S. The van der Waals surface area contributed by atoms with E-state index in [-0.39, 0.29) is 16.7 Å². The van der Waals surface area contributed by atoms with Crippen LogP contribution < -0.4 is 16.4 Å². The first-order valence-electron chi connectivity index (χ1n) is 6.24. The number of aliphatic hydroxyl groups excluding tert-OH is 1. The minimum Gasteiger partial charge on any atom is -0.394 e. The van der Waals surface area contributed by atoms with Crippen LogP contribution in [-0.2, 0) is 14.4 Å².